The number of fused-ring (bicyclic) bond motifs is 1. The van der Waals surface area contributed by atoms with Crippen LogP contribution in [0.1, 0.15) is 43.7 Å². The molecule has 108 valence electrons. The van der Waals surface area contributed by atoms with Gasteiger partial charge in [0.2, 0.25) is 0 Å². The summed E-state index contributed by atoms with van der Waals surface area (Å²) in [4.78, 5) is 14.6. The van der Waals surface area contributed by atoms with Gasteiger partial charge in [-0.1, -0.05) is 37.6 Å². The number of hydrogen-bond donors (Lipinski definition) is 0. The molecule has 1 aromatic rings. The zero-order chi connectivity index (χ0) is 13.9. The highest BCUT2D eigenvalue weighted by Crippen LogP contribution is 2.30. The number of benzene rings is 1. The van der Waals surface area contributed by atoms with E-state index in [0.717, 1.165) is 51.2 Å². The van der Waals surface area contributed by atoms with Crippen LogP contribution in [0.5, 0.6) is 0 Å². The molecule has 20 heavy (non-hydrogen) atoms. The molecule has 0 N–H and O–H groups in total. The third-order valence-corrected chi connectivity index (χ3v) is 5.14. The average molecular weight is 271 g/mol. The van der Waals surface area contributed by atoms with Gasteiger partial charge in [-0.15, -0.1) is 0 Å². The second-order valence-corrected chi connectivity index (χ2v) is 6.47. The molecule has 2 unspecified atom stereocenters. The molecule has 2 nitrogen and oxygen atoms in total. The molecule has 2 heteroatoms. The minimum atomic E-state index is 0.291. The molecule has 1 aliphatic heterocycles. The van der Waals surface area contributed by atoms with E-state index in [-0.39, 0.29) is 0 Å². The van der Waals surface area contributed by atoms with Gasteiger partial charge in [0.05, 0.1) is 0 Å². The smallest absolute Gasteiger partial charge is 0.137 e. The van der Waals surface area contributed by atoms with Crippen molar-refractivity contribution >= 4 is 5.78 Å². The van der Waals surface area contributed by atoms with Crippen molar-refractivity contribution < 1.29 is 4.79 Å². The van der Waals surface area contributed by atoms with E-state index in [1.807, 2.05) is 0 Å². The van der Waals surface area contributed by atoms with Gasteiger partial charge < -0.3 is 0 Å². The highest BCUT2D eigenvalue weighted by atomic mass is 16.1. The van der Waals surface area contributed by atoms with Gasteiger partial charge in [-0.3, -0.25) is 9.69 Å². The van der Waals surface area contributed by atoms with Crippen molar-refractivity contribution in [2.75, 3.05) is 13.1 Å². The highest BCUT2D eigenvalue weighted by molar-refractivity contribution is 5.82. The lowest BCUT2D eigenvalue weighted by Gasteiger charge is -2.34. The van der Waals surface area contributed by atoms with E-state index in [2.05, 4.69) is 36.1 Å². The van der Waals surface area contributed by atoms with Crippen molar-refractivity contribution in [3.63, 3.8) is 0 Å². The minimum absolute atomic E-state index is 0.291. The summed E-state index contributed by atoms with van der Waals surface area (Å²) in [6.07, 6.45) is 5.41. The van der Waals surface area contributed by atoms with E-state index in [0.29, 0.717) is 11.7 Å². The fourth-order valence-corrected chi connectivity index (χ4v) is 3.77. The Morgan fingerprint density at radius 1 is 1.20 bits per heavy atom. The van der Waals surface area contributed by atoms with Crippen LogP contribution >= 0.6 is 0 Å². The molecular weight excluding hydrogens is 246 g/mol. The van der Waals surface area contributed by atoms with Crippen molar-refractivity contribution in [2.45, 2.75) is 45.6 Å². The highest BCUT2D eigenvalue weighted by Gasteiger charge is 2.30. The minimum Gasteiger partial charge on any atom is -0.299 e. The Morgan fingerprint density at radius 2 is 2.00 bits per heavy atom. The quantitative estimate of drug-likeness (QED) is 0.839. The standard InChI is InChI=1S/C18H25NO/c1-2-14-7-8-18(20)17(11-14)13-19-10-9-15-5-3-4-6-16(15)12-19/h3-6,14,17H,2,7-13H2,1H3. The number of nitrogens with zero attached hydrogens (tertiary/aromatic N) is 1. The van der Waals surface area contributed by atoms with Crippen LogP contribution in [0.15, 0.2) is 24.3 Å². The molecule has 0 spiro atoms. The van der Waals surface area contributed by atoms with Crippen molar-refractivity contribution in [2.24, 2.45) is 11.8 Å². The van der Waals surface area contributed by atoms with Gasteiger partial charge in [0.15, 0.2) is 0 Å². The average Bonchev–Trinajstić information content (AvgIpc) is 2.49. The maximum absolute atomic E-state index is 12.1. The van der Waals surface area contributed by atoms with Crippen LogP contribution in [0.2, 0.25) is 0 Å². The zero-order valence-corrected chi connectivity index (χ0v) is 12.5. The van der Waals surface area contributed by atoms with Crippen LogP contribution in [0.25, 0.3) is 0 Å². The first kappa shape index (κ1) is 13.8. The summed E-state index contributed by atoms with van der Waals surface area (Å²) in [5, 5.41) is 0. The number of carbonyl (C=O) groups excluding carboxylic acids is 1. The van der Waals surface area contributed by atoms with Crippen molar-refractivity contribution in [3.8, 4) is 0 Å². The fraction of sp³-hybridized carbons (Fsp3) is 0.611. The maximum Gasteiger partial charge on any atom is 0.137 e. The second-order valence-electron chi connectivity index (χ2n) is 6.47. The lowest BCUT2D eigenvalue weighted by molar-refractivity contribution is -0.126. The molecule has 0 amide bonds. The third kappa shape index (κ3) is 2.95. The monoisotopic (exact) mass is 271 g/mol. The zero-order valence-electron chi connectivity index (χ0n) is 12.5. The molecule has 0 radical (unpaired) electrons. The molecule has 1 aromatic carbocycles. The van der Waals surface area contributed by atoms with E-state index in [1.54, 1.807) is 0 Å². The molecule has 0 aromatic heterocycles. The van der Waals surface area contributed by atoms with E-state index >= 15 is 0 Å². The van der Waals surface area contributed by atoms with Crippen LogP contribution < -0.4 is 0 Å². The molecule has 1 fully saturated rings. The molecule has 0 bridgehead atoms. The van der Waals surface area contributed by atoms with E-state index in [1.165, 1.54) is 17.5 Å². The van der Waals surface area contributed by atoms with Crippen LogP contribution in [0.3, 0.4) is 0 Å². The van der Waals surface area contributed by atoms with Gasteiger partial charge in [0.1, 0.15) is 5.78 Å². The van der Waals surface area contributed by atoms with Crippen molar-refractivity contribution in [3.05, 3.63) is 35.4 Å². The Morgan fingerprint density at radius 3 is 2.80 bits per heavy atom. The fourth-order valence-electron chi connectivity index (χ4n) is 3.77. The summed E-state index contributed by atoms with van der Waals surface area (Å²) < 4.78 is 0. The number of carbonyl (C=O) groups is 1. The first-order chi connectivity index (χ1) is 9.76. The Labute approximate surface area is 122 Å². The van der Waals surface area contributed by atoms with Crippen molar-refractivity contribution in [1.29, 1.82) is 0 Å². The van der Waals surface area contributed by atoms with Gasteiger partial charge in [-0.05, 0) is 36.3 Å². The molecule has 1 heterocycles. The number of rotatable bonds is 3. The summed E-state index contributed by atoms with van der Waals surface area (Å²) in [6.45, 7) is 5.37. The van der Waals surface area contributed by atoms with E-state index < -0.39 is 0 Å². The molecule has 1 saturated carbocycles. The van der Waals surface area contributed by atoms with E-state index in [9.17, 15) is 4.79 Å². The van der Waals surface area contributed by atoms with Crippen LogP contribution in [0.4, 0.5) is 0 Å². The Hall–Kier alpha value is -1.15. The predicted molar refractivity (Wildman–Crippen MR) is 81.6 cm³/mol. The molecule has 2 atom stereocenters. The van der Waals surface area contributed by atoms with Gasteiger partial charge in [-0.2, -0.15) is 0 Å². The second kappa shape index (κ2) is 6.09. The molecule has 3 rings (SSSR count). The SMILES string of the molecule is CCC1CCC(=O)C(CN2CCc3ccccc3C2)C1. The summed E-state index contributed by atoms with van der Waals surface area (Å²) in [7, 11) is 0. The molecule has 1 aliphatic carbocycles. The summed E-state index contributed by atoms with van der Waals surface area (Å²) in [5.41, 5.74) is 2.94. The van der Waals surface area contributed by atoms with Crippen LogP contribution in [0, 0.1) is 11.8 Å². The van der Waals surface area contributed by atoms with Gasteiger partial charge in [0.25, 0.3) is 0 Å². The normalized spacial score (nSPS) is 27.4. The van der Waals surface area contributed by atoms with E-state index in [4.69, 9.17) is 0 Å². The van der Waals surface area contributed by atoms with Crippen LogP contribution in [-0.4, -0.2) is 23.8 Å². The topological polar surface area (TPSA) is 20.3 Å². The van der Waals surface area contributed by atoms with Crippen molar-refractivity contribution in [1.82, 2.24) is 4.90 Å². The summed E-state index contributed by atoms with van der Waals surface area (Å²) in [6, 6.07) is 8.73. The Kier molecular flexibility index (Phi) is 4.21. The lowest BCUT2D eigenvalue weighted by Crippen LogP contribution is -2.39. The number of ketones is 1. The van der Waals surface area contributed by atoms with Gasteiger partial charge in [0, 0.05) is 32.0 Å². The summed E-state index contributed by atoms with van der Waals surface area (Å²) in [5.74, 6) is 1.57. The molecule has 0 saturated heterocycles. The molecule has 2 aliphatic rings. The predicted octanol–water partition coefficient (Wildman–Crippen LogP) is 3.44. The summed E-state index contributed by atoms with van der Waals surface area (Å²) >= 11 is 0. The Balaban J connectivity index is 1.62. The maximum atomic E-state index is 12.1. The number of hydrogen-bond acceptors (Lipinski definition) is 2. The molecular formula is C18H25NO. The van der Waals surface area contributed by atoms with Gasteiger partial charge in [-0.25, -0.2) is 0 Å². The number of Topliss-reactive ketones (excluding diaryl/α,β-unsaturated/α-hetero) is 1. The van der Waals surface area contributed by atoms with Gasteiger partial charge >= 0.3 is 0 Å². The largest absolute Gasteiger partial charge is 0.299 e. The van der Waals surface area contributed by atoms with Crippen LogP contribution in [-0.2, 0) is 17.8 Å². The lowest BCUT2D eigenvalue weighted by atomic mass is 9.79. The Bertz CT molecular complexity index is 482. The first-order valence-electron chi connectivity index (χ1n) is 8.08. The third-order valence-electron chi connectivity index (χ3n) is 5.14. The first-order valence-corrected chi connectivity index (χ1v) is 8.08.